The van der Waals surface area contributed by atoms with Crippen LogP contribution >= 0.6 is 0 Å². The highest BCUT2D eigenvalue weighted by atomic mass is 16.5. The molecule has 3 aliphatic rings. The van der Waals surface area contributed by atoms with Gasteiger partial charge in [0.2, 0.25) is 11.8 Å². The molecule has 3 aliphatic heterocycles. The number of hydrogen-bond donors (Lipinski definition) is 1. The topological polar surface area (TPSA) is 74.4 Å². The van der Waals surface area contributed by atoms with Crippen molar-refractivity contribution in [2.24, 2.45) is 0 Å². The highest BCUT2D eigenvalue weighted by molar-refractivity contribution is 5.88. The summed E-state index contributed by atoms with van der Waals surface area (Å²) in [4.78, 5) is 32.4. The molecule has 0 bridgehead atoms. The molecule has 8 nitrogen and oxygen atoms in total. The first kappa shape index (κ1) is 23.0. The minimum atomic E-state index is -0.421. The number of piperazine rings is 1. The van der Waals surface area contributed by atoms with Gasteiger partial charge in [0.05, 0.1) is 32.8 Å². The third-order valence-corrected chi connectivity index (χ3v) is 7.03. The molecule has 32 heavy (non-hydrogen) atoms. The predicted molar refractivity (Wildman–Crippen MR) is 122 cm³/mol. The van der Waals surface area contributed by atoms with Crippen molar-refractivity contribution >= 4 is 11.8 Å². The number of morpholine rings is 1. The van der Waals surface area contributed by atoms with Gasteiger partial charge in [-0.25, -0.2) is 0 Å². The number of likely N-dealkylation sites (tertiary alicyclic amines) is 1. The number of nitrogens with zero attached hydrogens (tertiary/aromatic N) is 3. The van der Waals surface area contributed by atoms with Gasteiger partial charge in [0.1, 0.15) is 5.75 Å². The van der Waals surface area contributed by atoms with Crippen molar-refractivity contribution in [3.63, 3.8) is 0 Å². The number of rotatable bonds is 6. The summed E-state index contributed by atoms with van der Waals surface area (Å²) < 4.78 is 10.8. The first-order valence-corrected chi connectivity index (χ1v) is 11.8. The predicted octanol–water partition coefficient (Wildman–Crippen LogP) is 1.02. The molecule has 1 unspecified atom stereocenters. The summed E-state index contributed by atoms with van der Waals surface area (Å²) in [5, 5.41) is 2.95. The molecule has 1 N–H and O–H groups in total. The molecule has 0 saturated carbocycles. The van der Waals surface area contributed by atoms with Gasteiger partial charge >= 0.3 is 0 Å². The summed E-state index contributed by atoms with van der Waals surface area (Å²) in [5.74, 6) is 0.902. The molecule has 176 valence electrons. The summed E-state index contributed by atoms with van der Waals surface area (Å²) in [6.07, 6.45) is 2.23. The molecule has 0 aromatic heterocycles. The number of methoxy groups -OCH3 is 1. The van der Waals surface area contributed by atoms with E-state index in [2.05, 4.69) is 21.2 Å². The van der Waals surface area contributed by atoms with Gasteiger partial charge in [-0.2, -0.15) is 0 Å². The number of ether oxygens (including phenoxy) is 2. The van der Waals surface area contributed by atoms with Crippen LogP contribution in [0.3, 0.4) is 0 Å². The largest absolute Gasteiger partial charge is 0.496 e. The Hall–Kier alpha value is -2.16. The van der Waals surface area contributed by atoms with Crippen molar-refractivity contribution in [1.29, 1.82) is 0 Å². The second-order valence-corrected chi connectivity index (χ2v) is 9.05. The minimum absolute atomic E-state index is 0.0435. The Kier molecular flexibility index (Phi) is 7.65. The Bertz CT molecular complexity index is 803. The molecule has 3 saturated heterocycles. The van der Waals surface area contributed by atoms with Gasteiger partial charge < -0.3 is 19.7 Å². The van der Waals surface area contributed by atoms with Gasteiger partial charge in [-0.3, -0.25) is 19.4 Å². The lowest BCUT2D eigenvalue weighted by Crippen LogP contribution is -2.57. The van der Waals surface area contributed by atoms with Crippen LogP contribution in [-0.2, 0) is 20.9 Å². The maximum atomic E-state index is 13.1. The molecule has 3 fully saturated rings. The smallest absolute Gasteiger partial charge is 0.237 e. The van der Waals surface area contributed by atoms with E-state index < -0.39 is 6.04 Å². The Labute approximate surface area is 190 Å². The van der Waals surface area contributed by atoms with Crippen LogP contribution < -0.4 is 10.1 Å². The lowest BCUT2D eigenvalue weighted by atomic mass is 10.0. The Balaban J connectivity index is 1.34. The Morgan fingerprint density at radius 3 is 2.59 bits per heavy atom. The normalized spacial score (nSPS) is 23.8. The van der Waals surface area contributed by atoms with Gasteiger partial charge in [-0.05, 0) is 37.0 Å². The molecule has 0 radical (unpaired) electrons. The molecule has 1 aromatic carbocycles. The number of nitrogens with one attached hydrogen (secondary N) is 1. The fourth-order valence-electron chi connectivity index (χ4n) is 5.16. The Morgan fingerprint density at radius 1 is 1.16 bits per heavy atom. The van der Waals surface area contributed by atoms with Crippen LogP contribution in [0.25, 0.3) is 0 Å². The number of amides is 2. The average Bonchev–Trinajstić information content (AvgIpc) is 2.82. The molecular weight excluding hydrogens is 408 g/mol. The number of piperidine rings is 1. The SMILES string of the molecule is COc1ccc(CN2CCNC(=O)C2CC(=O)N2CCC(N3CCOCC3)CC2)cc1C. The lowest BCUT2D eigenvalue weighted by Gasteiger charge is -2.41. The fraction of sp³-hybridized carbons (Fsp3) is 0.667. The van der Waals surface area contributed by atoms with E-state index in [1.54, 1.807) is 7.11 Å². The first-order chi connectivity index (χ1) is 15.5. The average molecular weight is 445 g/mol. The van der Waals surface area contributed by atoms with Crippen LogP contribution in [0.15, 0.2) is 18.2 Å². The second kappa shape index (κ2) is 10.6. The summed E-state index contributed by atoms with van der Waals surface area (Å²) in [6, 6.07) is 6.22. The number of carbonyl (C=O) groups excluding carboxylic acids is 2. The summed E-state index contributed by atoms with van der Waals surface area (Å²) in [7, 11) is 1.67. The zero-order chi connectivity index (χ0) is 22.5. The third kappa shape index (κ3) is 5.42. The van der Waals surface area contributed by atoms with Crippen molar-refractivity contribution in [1.82, 2.24) is 20.0 Å². The standard InChI is InChI=1S/C24H36N4O4/c1-18-15-19(3-4-22(18)31-2)17-28-10-7-25-24(30)21(28)16-23(29)27-8-5-20(6-9-27)26-11-13-32-14-12-26/h3-4,15,20-21H,5-14,16-17H2,1-2H3,(H,25,30). The van der Waals surface area contributed by atoms with Gasteiger partial charge in [0.15, 0.2) is 0 Å². The summed E-state index contributed by atoms with van der Waals surface area (Å²) >= 11 is 0. The molecule has 0 spiro atoms. The van der Waals surface area contributed by atoms with Gasteiger partial charge in [-0.1, -0.05) is 12.1 Å². The molecule has 4 rings (SSSR count). The monoisotopic (exact) mass is 444 g/mol. The van der Waals surface area contributed by atoms with Crippen molar-refractivity contribution < 1.29 is 19.1 Å². The van der Waals surface area contributed by atoms with E-state index in [0.717, 1.165) is 75.7 Å². The quantitative estimate of drug-likeness (QED) is 0.706. The highest BCUT2D eigenvalue weighted by Crippen LogP contribution is 2.23. The third-order valence-electron chi connectivity index (χ3n) is 7.03. The number of aryl methyl sites for hydroxylation is 1. The van der Waals surface area contributed by atoms with Crippen LogP contribution in [0.5, 0.6) is 5.75 Å². The van der Waals surface area contributed by atoms with Crippen molar-refractivity contribution in [2.45, 2.75) is 44.8 Å². The van der Waals surface area contributed by atoms with Crippen LogP contribution in [0.1, 0.15) is 30.4 Å². The highest BCUT2D eigenvalue weighted by Gasteiger charge is 2.34. The molecule has 8 heteroatoms. The minimum Gasteiger partial charge on any atom is -0.496 e. The van der Waals surface area contributed by atoms with Gasteiger partial charge in [-0.15, -0.1) is 0 Å². The van der Waals surface area contributed by atoms with E-state index in [0.29, 0.717) is 19.1 Å². The van der Waals surface area contributed by atoms with Crippen LogP contribution in [-0.4, -0.2) is 98.2 Å². The van der Waals surface area contributed by atoms with E-state index in [1.165, 1.54) is 0 Å². The maximum Gasteiger partial charge on any atom is 0.237 e. The van der Waals surface area contributed by atoms with Gasteiger partial charge in [0.25, 0.3) is 0 Å². The van der Waals surface area contributed by atoms with Crippen LogP contribution in [0.2, 0.25) is 0 Å². The maximum absolute atomic E-state index is 13.1. The lowest BCUT2D eigenvalue weighted by molar-refractivity contribution is -0.140. The van der Waals surface area contributed by atoms with Gasteiger partial charge in [0, 0.05) is 51.9 Å². The fourth-order valence-corrected chi connectivity index (χ4v) is 5.16. The molecule has 3 heterocycles. The summed E-state index contributed by atoms with van der Waals surface area (Å²) in [5.41, 5.74) is 2.20. The molecular formula is C24H36N4O4. The number of benzene rings is 1. The van der Waals surface area contributed by atoms with E-state index in [4.69, 9.17) is 9.47 Å². The van der Waals surface area contributed by atoms with Crippen molar-refractivity contribution in [3.05, 3.63) is 29.3 Å². The number of carbonyl (C=O) groups is 2. The van der Waals surface area contributed by atoms with Crippen molar-refractivity contribution in [3.8, 4) is 5.75 Å². The van der Waals surface area contributed by atoms with E-state index in [1.807, 2.05) is 24.0 Å². The molecule has 0 aliphatic carbocycles. The Morgan fingerprint density at radius 2 is 1.91 bits per heavy atom. The van der Waals surface area contributed by atoms with Crippen molar-refractivity contribution in [2.75, 3.05) is 59.6 Å². The zero-order valence-electron chi connectivity index (χ0n) is 19.3. The molecule has 1 atom stereocenters. The first-order valence-electron chi connectivity index (χ1n) is 11.8. The van der Waals surface area contributed by atoms with Crippen LogP contribution in [0, 0.1) is 6.92 Å². The van der Waals surface area contributed by atoms with E-state index in [-0.39, 0.29) is 18.2 Å². The molecule has 1 aromatic rings. The second-order valence-electron chi connectivity index (χ2n) is 9.05. The zero-order valence-corrected chi connectivity index (χ0v) is 19.3. The molecule has 2 amide bonds. The number of hydrogen-bond acceptors (Lipinski definition) is 6. The van der Waals surface area contributed by atoms with E-state index in [9.17, 15) is 9.59 Å². The van der Waals surface area contributed by atoms with E-state index >= 15 is 0 Å². The van der Waals surface area contributed by atoms with Crippen LogP contribution in [0.4, 0.5) is 0 Å². The summed E-state index contributed by atoms with van der Waals surface area (Å²) in [6.45, 7) is 9.15.